The Morgan fingerprint density at radius 2 is 2.17 bits per heavy atom. The zero-order chi connectivity index (χ0) is 13.0. The Hall–Kier alpha value is -1.75. The highest BCUT2D eigenvalue weighted by atomic mass is 15.4. The lowest BCUT2D eigenvalue weighted by Gasteiger charge is -2.18. The van der Waals surface area contributed by atoms with Crippen LogP contribution in [0.4, 0.5) is 0 Å². The minimum Gasteiger partial charge on any atom is -0.305 e. The summed E-state index contributed by atoms with van der Waals surface area (Å²) in [7, 11) is 1.91. The van der Waals surface area contributed by atoms with Crippen molar-refractivity contribution < 1.29 is 0 Å². The first-order valence-electron chi connectivity index (χ1n) is 6.23. The van der Waals surface area contributed by atoms with E-state index in [0.717, 1.165) is 29.9 Å². The first-order valence-corrected chi connectivity index (χ1v) is 6.23. The molecule has 0 amide bonds. The molecule has 5 nitrogen and oxygen atoms in total. The highest BCUT2D eigenvalue weighted by Gasteiger charge is 2.17. The number of aryl methyl sites for hydroxylation is 2. The van der Waals surface area contributed by atoms with Crippen LogP contribution in [-0.2, 0) is 7.05 Å². The van der Waals surface area contributed by atoms with Crippen molar-refractivity contribution in [1.29, 1.82) is 0 Å². The lowest BCUT2D eigenvalue weighted by molar-refractivity contribution is 0.549. The van der Waals surface area contributed by atoms with Gasteiger partial charge in [-0.15, -0.1) is 5.10 Å². The Bertz CT molecular complexity index is 488. The highest BCUT2D eigenvalue weighted by Crippen LogP contribution is 2.20. The predicted molar refractivity (Wildman–Crippen MR) is 70.1 cm³/mol. The van der Waals surface area contributed by atoms with Crippen LogP contribution in [-0.4, -0.2) is 26.5 Å². The van der Waals surface area contributed by atoms with Crippen molar-refractivity contribution >= 4 is 0 Å². The SMILES string of the molecule is CCCNC(c1ccc(C)nc1)c1cnnn1C. The van der Waals surface area contributed by atoms with Crippen molar-refractivity contribution in [3.05, 3.63) is 41.5 Å². The number of nitrogens with zero attached hydrogens (tertiary/aromatic N) is 4. The van der Waals surface area contributed by atoms with Gasteiger partial charge in [-0.1, -0.05) is 18.2 Å². The summed E-state index contributed by atoms with van der Waals surface area (Å²) in [6.07, 6.45) is 4.80. The van der Waals surface area contributed by atoms with E-state index >= 15 is 0 Å². The molecule has 1 unspecified atom stereocenters. The highest BCUT2D eigenvalue weighted by molar-refractivity contribution is 5.25. The average molecular weight is 245 g/mol. The molecule has 0 aliphatic heterocycles. The van der Waals surface area contributed by atoms with Gasteiger partial charge in [0.1, 0.15) is 0 Å². The Morgan fingerprint density at radius 3 is 2.72 bits per heavy atom. The molecule has 0 bridgehead atoms. The van der Waals surface area contributed by atoms with Crippen LogP contribution in [0.5, 0.6) is 0 Å². The molecule has 5 heteroatoms. The smallest absolute Gasteiger partial charge is 0.0799 e. The van der Waals surface area contributed by atoms with E-state index in [0.29, 0.717) is 0 Å². The predicted octanol–water partition coefficient (Wildman–Crippen LogP) is 1.61. The largest absolute Gasteiger partial charge is 0.305 e. The van der Waals surface area contributed by atoms with Crippen LogP contribution in [0.1, 0.15) is 36.3 Å². The van der Waals surface area contributed by atoms with Gasteiger partial charge in [0.25, 0.3) is 0 Å². The molecule has 1 atom stereocenters. The molecule has 0 saturated heterocycles. The van der Waals surface area contributed by atoms with E-state index in [9.17, 15) is 0 Å². The Balaban J connectivity index is 2.30. The third-order valence-electron chi connectivity index (χ3n) is 2.91. The monoisotopic (exact) mass is 245 g/mol. The summed E-state index contributed by atoms with van der Waals surface area (Å²) < 4.78 is 1.80. The maximum absolute atomic E-state index is 4.36. The summed E-state index contributed by atoms with van der Waals surface area (Å²) in [6.45, 7) is 5.09. The van der Waals surface area contributed by atoms with E-state index in [1.165, 1.54) is 0 Å². The molecule has 2 rings (SSSR count). The van der Waals surface area contributed by atoms with E-state index in [2.05, 4.69) is 33.6 Å². The van der Waals surface area contributed by atoms with Gasteiger partial charge in [0, 0.05) is 18.9 Å². The van der Waals surface area contributed by atoms with Crippen LogP contribution in [0.3, 0.4) is 0 Å². The lowest BCUT2D eigenvalue weighted by Crippen LogP contribution is -2.25. The van der Waals surface area contributed by atoms with Gasteiger partial charge >= 0.3 is 0 Å². The van der Waals surface area contributed by atoms with Crippen LogP contribution in [0.2, 0.25) is 0 Å². The number of pyridine rings is 1. The normalized spacial score (nSPS) is 12.6. The molecule has 0 aliphatic rings. The summed E-state index contributed by atoms with van der Waals surface area (Å²) in [6, 6.07) is 4.22. The molecule has 0 saturated carbocycles. The van der Waals surface area contributed by atoms with Gasteiger partial charge in [0.2, 0.25) is 0 Å². The van der Waals surface area contributed by atoms with Crippen LogP contribution < -0.4 is 5.32 Å². The van der Waals surface area contributed by atoms with Crippen molar-refractivity contribution in [3.63, 3.8) is 0 Å². The standard InChI is InChI=1S/C13H19N5/c1-4-7-14-13(12-9-16-17-18(12)3)11-6-5-10(2)15-8-11/h5-6,8-9,13-14H,4,7H2,1-3H3. The minimum atomic E-state index is 0.0954. The molecule has 0 fully saturated rings. The summed E-state index contributed by atoms with van der Waals surface area (Å²) in [4.78, 5) is 4.36. The van der Waals surface area contributed by atoms with Crippen molar-refractivity contribution in [2.75, 3.05) is 6.54 Å². The maximum Gasteiger partial charge on any atom is 0.0799 e. The molecule has 0 radical (unpaired) electrons. The van der Waals surface area contributed by atoms with Crippen molar-refractivity contribution in [1.82, 2.24) is 25.3 Å². The van der Waals surface area contributed by atoms with Crippen molar-refractivity contribution in [2.45, 2.75) is 26.3 Å². The maximum atomic E-state index is 4.36. The number of aromatic nitrogens is 4. The topological polar surface area (TPSA) is 55.6 Å². The molecule has 1 N–H and O–H groups in total. The second kappa shape index (κ2) is 5.73. The third kappa shape index (κ3) is 2.73. The van der Waals surface area contributed by atoms with Gasteiger partial charge in [-0.3, -0.25) is 9.67 Å². The lowest BCUT2D eigenvalue weighted by atomic mass is 10.1. The van der Waals surface area contributed by atoms with Gasteiger partial charge in [-0.25, -0.2) is 0 Å². The van der Waals surface area contributed by atoms with Crippen LogP contribution in [0, 0.1) is 6.92 Å². The number of hydrogen-bond acceptors (Lipinski definition) is 4. The fourth-order valence-electron chi connectivity index (χ4n) is 1.89. The molecule has 2 heterocycles. The van der Waals surface area contributed by atoms with Gasteiger partial charge in [0.15, 0.2) is 0 Å². The van der Waals surface area contributed by atoms with E-state index in [1.54, 1.807) is 10.9 Å². The van der Waals surface area contributed by atoms with Crippen LogP contribution in [0.25, 0.3) is 0 Å². The number of hydrogen-bond donors (Lipinski definition) is 1. The summed E-state index contributed by atoms with van der Waals surface area (Å²) in [5.41, 5.74) is 3.21. The molecule has 96 valence electrons. The van der Waals surface area contributed by atoms with E-state index in [4.69, 9.17) is 0 Å². The fourth-order valence-corrected chi connectivity index (χ4v) is 1.89. The molecular formula is C13H19N5. The molecule has 18 heavy (non-hydrogen) atoms. The molecule has 2 aromatic rings. The molecule has 2 aromatic heterocycles. The zero-order valence-electron chi connectivity index (χ0n) is 11.1. The van der Waals surface area contributed by atoms with Gasteiger partial charge < -0.3 is 5.32 Å². The van der Waals surface area contributed by atoms with Crippen LogP contribution >= 0.6 is 0 Å². The molecular weight excluding hydrogens is 226 g/mol. The van der Waals surface area contributed by atoms with E-state index in [-0.39, 0.29) is 6.04 Å². The molecule has 0 aliphatic carbocycles. The number of nitrogens with one attached hydrogen (secondary N) is 1. The van der Waals surface area contributed by atoms with E-state index < -0.39 is 0 Å². The summed E-state index contributed by atoms with van der Waals surface area (Å²) >= 11 is 0. The zero-order valence-corrected chi connectivity index (χ0v) is 11.1. The Kier molecular flexibility index (Phi) is 4.04. The molecule has 0 aromatic carbocycles. The second-order valence-electron chi connectivity index (χ2n) is 4.40. The quantitative estimate of drug-likeness (QED) is 0.869. The third-order valence-corrected chi connectivity index (χ3v) is 2.91. The van der Waals surface area contributed by atoms with Crippen LogP contribution in [0.15, 0.2) is 24.5 Å². The Morgan fingerprint density at radius 1 is 1.33 bits per heavy atom. The minimum absolute atomic E-state index is 0.0954. The second-order valence-corrected chi connectivity index (χ2v) is 4.40. The molecule has 0 spiro atoms. The fraction of sp³-hybridized carbons (Fsp3) is 0.462. The van der Waals surface area contributed by atoms with Gasteiger partial charge in [0.05, 0.1) is 17.9 Å². The first-order chi connectivity index (χ1) is 8.72. The average Bonchev–Trinajstić information content (AvgIpc) is 2.78. The van der Waals surface area contributed by atoms with Gasteiger partial charge in [-0.05, 0) is 31.5 Å². The van der Waals surface area contributed by atoms with Crippen molar-refractivity contribution in [3.8, 4) is 0 Å². The summed E-state index contributed by atoms with van der Waals surface area (Å²) in [5, 5.41) is 11.4. The summed E-state index contributed by atoms with van der Waals surface area (Å²) in [5.74, 6) is 0. The van der Waals surface area contributed by atoms with Gasteiger partial charge in [-0.2, -0.15) is 0 Å². The number of rotatable bonds is 5. The van der Waals surface area contributed by atoms with Crippen molar-refractivity contribution in [2.24, 2.45) is 7.05 Å². The Labute approximate surface area is 107 Å². The first kappa shape index (κ1) is 12.7. The van der Waals surface area contributed by atoms with E-state index in [1.807, 2.05) is 26.2 Å².